The number of esters is 1. The first-order chi connectivity index (χ1) is 7.33. The van der Waals surface area contributed by atoms with Gasteiger partial charge < -0.3 is 4.74 Å². The number of methoxy groups -OCH3 is 1. The third-order valence-electron chi connectivity index (χ3n) is 3.49. The largest absolute Gasteiger partial charge is 0.469 e. The van der Waals surface area contributed by atoms with Crippen molar-refractivity contribution in [1.29, 1.82) is 0 Å². The van der Waals surface area contributed by atoms with Crippen molar-refractivity contribution >= 4 is 5.97 Å². The lowest BCUT2D eigenvalue weighted by Crippen LogP contribution is -2.19. The van der Waals surface area contributed by atoms with Crippen LogP contribution in [0.25, 0.3) is 0 Å². The molecule has 2 aliphatic carbocycles. The van der Waals surface area contributed by atoms with E-state index in [4.69, 9.17) is 4.74 Å². The van der Waals surface area contributed by atoms with Crippen molar-refractivity contribution in [3.05, 3.63) is 47.5 Å². The maximum atomic E-state index is 11.7. The minimum atomic E-state index is -0.0915. The van der Waals surface area contributed by atoms with Crippen LogP contribution in [0.5, 0.6) is 0 Å². The predicted molar refractivity (Wildman–Crippen MR) is 56.6 cm³/mol. The molecule has 3 rings (SSSR count). The Bertz CT molecular complexity index is 415. The molecule has 2 bridgehead atoms. The third-order valence-corrected chi connectivity index (χ3v) is 3.49. The quantitative estimate of drug-likeness (QED) is 0.513. The fourth-order valence-corrected chi connectivity index (χ4v) is 2.84. The number of hydrogen-bond donors (Lipinski definition) is 0. The Morgan fingerprint density at radius 3 is 2.13 bits per heavy atom. The van der Waals surface area contributed by atoms with Gasteiger partial charge in [-0.1, -0.05) is 36.4 Å². The lowest BCUT2D eigenvalue weighted by molar-refractivity contribution is -0.145. The fraction of sp³-hybridized carbons (Fsp3) is 0.308. The Labute approximate surface area is 88.6 Å². The molecule has 2 aliphatic rings. The highest BCUT2D eigenvalue weighted by Crippen LogP contribution is 2.52. The maximum absolute atomic E-state index is 11.7. The van der Waals surface area contributed by atoms with Crippen molar-refractivity contribution in [1.82, 2.24) is 0 Å². The molecule has 76 valence electrons. The summed E-state index contributed by atoms with van der Waals surface area (Å²) in [5.74, 6) is 0.357. The summed E-state index contributed by atoms with van der Waals surface area (Å²) in [5.41, 5.74) is 2.58. The molecule has 0 heterocycles. The van der Waals surface area contributed by atoms with Crippen LogP contribution in [0.2, 0.25) is 0 Å². The smallest absolute Gasteiger partial charge is 0.310 e. The molecular weight excluding hydrogens is 188 g/mol. The zero-order valence-corrected chi connectivity index (χ0v) is 8.51. The fourth-order valence-electron chi connectivity index (χ4n) is 2.84. The Morgan fingerprint density at radius 2 is 1.67 bits per heavy atom. The van der Waals surface area contributed by atoms with Gasteiger partial charge in [-0.2, -0.15) is 0 Å². The monoisotopic (exact) mass is 200 g/mol. The maximum Gasteiger partial charge on any atom is 0.310 e. The number of carbonyl (C=O) groups is 1. The Hall–Kier alpha value is -1.57. The summed E-state index contributed by atoms with van der Waals surface area (Å²) in [6, 6.07) is 8.28. The predicted octanol–water partition coefficient (Wildman–Crippen LogP) is 2.23. The van der Waals surface area contributed by atoms with Gasteiger partial charge in [-0.15, -0.1) is 0 Å². The van der Waals surface area contributed by atoms with E-state index in [-0.39, 0.29) is 23.7 Å². The standard InChI is InChI=1S/C13H12O2/c1-15-13(14)12-10-6-7-11(12)9-5-3-2-4-8(9)10/h2-7,10-12H,1H3/t10-,11+,12?. The van der Waals surface area contributed by atoms with Crippen molar-refractivity contribution in [2.24, 2.45) is 5.92 Å². The van der Waals surface area contributed by atoms with Gasteiger partial charge in [0.2, 0.25) is 0 Å². The van der Waals surface area contributed by atoms with E-state index >= 15 is 0 Å². The molecule has 0 aliphatic heterocycles. The summed E-state index contributed by atoms with van der Waals surface area (Å²) >= 11 is 0. The Kier molecular flexibility index (Phi) is 1.72. The second kappa shape index (κ2) is 2.96. The van der Waals surface area contributed by atoms with Crippen molar-refractivity contribution in [2.75, 3.05) is 7.11 Å². The van der Waals surface area contributed by atoms with Gasteiger partial charge in [-0.3, -0.25) is 4.79 Å². The molecule has 0 radical (unpaired) electrons. The molecule has 1 aromatic carbocycles. The highest BCUT2D eigenvalue weighted by atomic mass is 16.5. The molecule has 0 aromatic heterocycles. The van der Waals surface area contributed by atoms with Crippen LogP contribution in [-0.4, -0.2) is 13.1 Å². The second-order valence-corrected chi connectivity index (χ2v) is 4.11. The summed E-state index contributed by atoms with van der Waals surface area (Å²) in [6.07, 6.45) is 4.27. The van der Waals surface area contributed by atoms with E-state index in [2.05, 4.69) is 24.3 Å². The molecule has 15 heavy (non-hydrogen) atoms. The lowest BCUT2D eigenvalue weighted by Gasteiger charge is -2.12. The van der Waals surface area contributed by atoms with E-state index in [1.54, 1.807) is 0 Å². The Balaban J connectivity index is 2.07. The third kappa shape index (κ3) is 1.02. The van der Waals surface area contributed by atoms with Gasteiger partial charge in [0.05, 0.1) is 13.0 Å². The van der Waals surface area contributed by atoms with Crippen molar-refractivity contribution in [3.8, 4) is 0 Å². The van der Waals surface area contributed by atoms with Crippen molar-refractivity contribution in [3.63, 3.8) is 0 Å². The first-order valence-electron chi connectivity index (χ1n) is 5.18. The van der Waals surface area contributed by atoms with Crippen LogP contribution >= 0.6 is 0 Å². The zero-order chi connectivity index (χ0) is 10.4. The summed E-state index contributed by atoms with van der Waals surface area (Å²) in [7, 11) is 1.46. The number of hydrogen-bond acceptors (Lipinski definition) is 2. The molecule has 1 aromatic rings. The number of rotatable bonds is 1. The average molecular weight is 200 g/mol. The number of ether oxygens (including phenoxy) is 1. The minimum Gasteiger partial charge on any atom is -0.469 e. The topological polar surface area (TPSA) is 26.3 Å². The van der Waals surface area contributed by atoms with Crippen LogP contribution in [0.1, 0.15) is 23.0 Å². The SMILES string of the molecule is COC(=O)C1[C@@H]2C=C[C@H]1c1ccccc12. The molecule has 0 spiro atoms. The molecule has 1 unspecified atom stereocenters. The van der Waals surface area contributed by atoms with E-state index < -0.39 is 0 Å². The van der Waals surface area contributed by atoms with E-state index in [1.807, 2.05) is 12.1 Å². The van der Waals surface area contributed by atoms with Gasteiger partial charge in [0, 0.05) is 11.8 Å². The van der Waals surface area contributed by atoms with Gasteiger partial charge in [-0.05, 0) is 11.1 Å². The van der Waals surface area contributed by atoms with Crippen LogP contribution < -0.4 is 0 Å². The van der Waals surface area contributed by atoms with Crippen LogP contribution in [0.3, 0.4) is 0 Å². The van der Waals surface area contributed by atoms with E-state index in [9.17, 15) is 4.79 Å². The molecule has 3 atom stereocenters. The highest BCUT2D eigenvalue weighted by molar-refractivity contribution is 5.79. The van der Waals surface area contributed by atoms with Gasteiger partial charge in [0.15, 0.2) is 0 Å². The molecular formula is C13H12O2. The first kappa shape index (κ1) is 8.72. The summed E-state index contributed by atoms with van der Waals surface area (Å²) < 4.78 is 4.87. The van der Waals surface area contributed by atoms with Crippen LogP contribution in [0.15, 0.2) is 36.4 Å². The van der Waals surface area contributed by atoms with Crippen LogP contribution in [0, 0.1) is 5.92 Å². The lowest BCUT2D eigenvalue weighted by atomic mass is 9.94. The van der Waals surface area contributed by atoms with Gasteiger partial charge >= 0.3 is 5.97 Å². The second-order valence-electron chi connectivity index (χ2n) is 4.11. The normalized spacial score (nSPS) is 30.3. The summed E-state index contributed by atoms with van der Waals surface area (Å²) in [5, 5.41) is 0. The number of benzene rings is 1. The molecule has 2 heteroatoms. The van der Waals surface area contributed by atoms with Crippen molar-refractivity contribution < 1.29 is 9.53 Å². The Morgan fingerprint density at radius 1 is 1.13 bits per heavy atom. The van der Waals surface area contributed by atoms with E-state index in [1.165, 1.54) is 18.2 Å². The van der Waals surface area contributed by atoms with E-state index in [0.717, 1.165) is 0 Å². The van der Waals surface area contributed by atoms with E-state index in [0.29, 0.717) is 0 Å². The number of carbonyl (C=O) groups excluding carboxylic acids is 1. The number of allylic oxidation sites excluding steroid dienone is 2. The molecule has 0 fully saturated rings. The summed E-state index contributed by atoms with van der Waals surface area (Å²) in [4.78, 5) is 11.7. The minimum absolute atomic E-state index is 0.0209. The number of fused-ring (bicyclic) bond motifs is 5. The molecule has 0 saturated heterocycles. The van der Waals surface area contributed by atoms with Gasteiger partial charge in [0.25, 0.3) is 0 Å². The first-order valence-corrected chi connectivity index (χ1v) is 5.18. The van der Waals surface area contributed by atoms with Gasteiger partial charge in [-0.25, -0.2) is 0 Å². The highest BCUT2D eigenvalue weighted by Gasteiger charge is 2.46. The van der Waals surface area contributed by atoms with Gasteiger partial charge in [0.1, 0.15) is 0 Å². The molecule has 0 N–H and O–H groups in total. The summed E-state index contributed by atoms with van der Waals surface area (Å²) in [6.45, 7) is 0. The van der Waals surface area contributed by atoms with Crippen LogP contribution in [0.4, 0.5) is 0 Å². The molecule has 2 nitrogen and oxygen atoms in total. The van der Waals surface area contributed by atoms with Crippen molar-refractivity contribution in [2.45, 2.75) is 11.8 Å². The zero-order valence-electron chi connectivity index (χ0n) is 8.51. The molecule has 0 amide bonds. The van der Waals surface area contributed by atoms with Crippen LogP contribution in [-0.2, 0) is 9.53 Å². The molecule has 0 saturated carbocycles. The average Bonchev–Trinajstić information content (AvgIpc) is 2.84.